The number of halogens is 2. The summed E-state index contributed by atoms with van der Waals surface area (Å²) in [4.78, 5) is 12.4. The number of rotatable bonds is 3. The first-order valence-corrected chi connectivity index (χ1v) is 6.74. The fourth-order valence-electron chi connectivity index (χ4n) is 1.94. The molecule has 2 aromatic rings. The summed E-state index contributed by atoms with van der Waals surface area (Å²) in [6.45, 7) is 1.82. The zero-order valence-corrected chi connectivity index (χ0v) is 12.2. The Morgan fingerprint density at radius 1 is 1.20 bits per heavy atom. The third-order valence-corrected chi connectivity index (χ3v) is 3.67. The van der Waals surface area contributed by atoms with E-state index in [0.29, 0.717) is 21.2 Å². The van der Waals surface area contributed by atoms with Crippen LogP contribution in [0.4, 0.5) is 0 Å². The second kappa shape index (κ2) is 6.09. The molecule has 4 heteroatoms. The molecular formula is C16H11Cl2NO. The van der Waals surface area contributed by atoms with Gasteiger partial charge in [-0.15, -0.1) is 0 Å². The first-order chi connectivity index (χ1) is 9.52. The summed E-state index contributed by atoms with van der Waals surface area (Å²) < 4.78 is 0. The Hall–Kier alpha value is -1.82. The number of nitrogens with zero attached hydrogens (tertiary/aromatic N) is 1. The maximum atomic E-state index is 12.4. The number of hydrogen-bond acceptors (Lipinski definition) is 2. The van der Waals surface area contributed by atoms with Crippen LogP contribution in [0.2, 0.25) is 10.0 Å². The highest BCUT2D eigenvalue weighted by atomic mass is 35.5. The first kappa shape index (κ1) is 14.6. The smallest absolute Gasteiger partial charge is 0.184 e. The number of benzene rings is 2. The van der Waals surface area contributed by atoms with Gasteiger partial charge in [0.25, 0.3) is 0 Å². The van der Waals surface area contributed by atoms with Crippen molar-refractivity contribution in [3.05, 3.63) is 69.2 Å². The standard InChI is InChI=1S/C16H11Cl2NO/c1-10-7-12(5-6-15(10)18)16(20)14(9-19)11-3-2-4-13(17)8-11/h2-8,14H,1H3. The number of Topliss-reactive ketones (excluding diaryl/α,β-unsaturated/α-hetero) is 1. The van der Waals surface area contributed by atoms with Crippen LogP contribution in [0.3, 0.4) is 0 Å². The van der Waals surface area contributed by atoms with Crippen molar-refractivity contribution in [2.45, 2.75) is 12.8 Å². The molecule has 20 heavy (non-hydrogen) atoms. The number of carbonyl (C=O) groups excluding carboxylic acids is 1. The van der Waals surface area contributed by atoms with E-state index in [1.165, 1.54) is 0 Å². The van der Waals surface area contributed by atoms with Crippen molar-refractivity contribution in [2.75, 3.05) is 0 Å². The summed E-state index contributed by atoms with van der Waals surface area (Å²) in [5.74, 6) is -1.12. The molecule has 100 valence electrons. The molecule has 0 aliphatic carbocycles. The summed E-state index contributed by atoms with van der Waals surface area (Å²) in [7, 11) is 0. The first-order valence-electron chi connectivity index (χ1n) is 5.98. The predicted octanol–water partition coefficient (Wildman–Crippen LogP) is 4.79. The van der Waals surface area contributed by atoms with Crippen molar-refractivity contribution in [1.29, 1.82) is 5.26 Å². The lowest BCUT2D eigenvalue weighted by Crippen LogP contribution is -2.11. The Morgan fingerprint density at radius 3 is 2.55 bits per heavy atom. The quantitative estimate of drug-likeness (QED) is 0.765. The van der Waals surface area contributed by atoms with E-state index in [1.54, 1.807) is 42.5 Å². The Balaban J connectivity index is 2.39. The molecule has 0 aliphatic rings. The molecule has 0 aromatic heterocycles. The number of ketones is 1. The lowest BCUT2D eigenvalue weighted by atomic mass is 9.91. The van der Waals surface area contributed by atoms with Crippen LogP contribution >= 0.6 is 23.2 Å². The normalized spacial score (nSPS) is 11.7. The van der Waals surface area contributed by atoms with Crippen molar-refractivity contribution in [3.8, 4) is 6.07 Å². The molecule has 0 spiro atoms. The van der Waals surface area contributed by atoms with Gasteiger partial charge in [0.1, 0.15) is 5.92 Å². The van der Waals surface area contributed by atoms with Crippen molar-refractivity contribution in [3.63, 3.8) is 0 Å². The molecule has 0 heterocycles. The number of nitriles is 1. The van der Waals surface area contributed by atoms with E-state index in [-0.39, 0.29) is 5.78 Å². The molecule has 0 bridgehead atoms. The van der Waals surface area contributed by atoms with Gasteiger partial charge in [0.05, 0.1) is 6.07 Å². The summed E-state index contributed by atoms with van der Waals surface area (Å²) in [5, 5.41) is 10.4. The number of aryl methyl sites for hydroxylation is 1. The molecule has 0 saturated heterocycles. The fraction of sp³-hybridized carbons (Fsp3) is 0.125. The maximum Gasteiger partial charge on any atom is 0.184 e. The second-order valence-electron chi connectivity index (χ2n) is 4.45. The zero-order chi connectivity index (χ0) is 14.7. The van der Waals surface area contributed by atoms with Gasteiger partial charge in [-0.25, -0.2) is 0 Å². The van der Waals surface area contributed by atoms with Gasteiger partial charge in [0, 0.05) is 15.6 Å². The van der Waals surface area contributed by atoms with Crippen LogP contribution in [0.15, 0.2) is 42.5 Å². The highest BCUT2D eigenvalue weighted by Crippen LogP contribution is 2.25. The fourth-order valence-corrected chi connectivity index (χ4v) is 2.25. The van der Waals surface area contributed by atoms with Crippen LogP contribution < -0.4 is 0 Å². The monoisotopic (exact) mass is 303 g/mol. The van der Waals surface area contributed by atoms with Crippen molar-refractivity contribution >= 4 is 29.0 Å². The van der Waals surface area contributed by atoms with Crippen molar-refractivity contribution in [2.24, 2.45) is 0 Å². The van der Waals surface area contributed by atoms with Crippen molar-refractivity contribution in [1.82, 2.24) is 0 Å². The highest BCUT2D eigenvalue weighted by molar-refractivity contribution is 6.31. The summed E-state index contributed by atoms with van der Waals surface area (Å²) in [6.07, 6.45) is 0. The zero-order valence-electron chi connectivity index (χ0n) is 10.7. The molecule has 0 N–H and O–H groups in total. The van der Waals surface area contributed by atoms with E-state index >= 15 is 0 Å². The van der Waals surface area contributed by atoms with Gasteiger partial charge >= 0.3 is 0 Å². The second-order valence-corrected chi connectivity index (χ2v) is 5.29. The highest BCUT2D eigenvalue weighted by Gasteiger charge is 2.22. The molecule has 2 rings (SSSR count). The largest absolute Gasteiger partial charge is 0.292 e. The van der Waals surface area contributed by atoms with E-state index < -0.39 is 5.92 Å². The maximum absolute atomic E-state index is 12.4. The van der Waals surface area contributed by atoms with Crippen LogP contribution in [0.5, 0.6) is 0 Å². The van der Waals surface area contributed by atoms with Gasteiger partial charge in [-0.2, -0.15) is 5.26 Å². The summed E-state index contributed by atoms with van der Waals surface area (Å²) >= 11 is 11.8. The van der Waals surface area contributed by atoms with E-state index in [9.17, 15) is 10.1 Å². The van der Waals surface area contributed by atoms with Gasteiger partial charge in [-0.1, -0.05) is 35.3 Å². The van der Waals surface area contributed by atoms with E-state index in [1.807, 2.05) is 13.0 Å². The molecule has 1 unspecified atom stereocenters. The summed E-state index contributed by atoms with van der Waals surface area (Å²) in [6, 6.07) is 13.8. The minimum absolute atomic E-state index is 0.255. The van der Waals surface area contributed by atoms with Crippen LogP contribution in [-0.2, 0) is 0 Å². The van der Waals surface area contributed by atoms with Crippen LogP contribution in [0.25, 0.3) is 0 Å². The molecule has 0 fully saturated rings. The van der Waals surface area contributed by atoms with Crippen LogP contribution in [0, 0.1) is 18.3 Å². The minimum Gasteiger partial charge on any atom is -0.292 e. The lowest BCUT2D eigenvalue weighted by Gasteiger charge is -2.10. The Morgan fingerprint density at radius 2 is 1.95 bits per heavy atom. The van der Waals surface area contributed by atoms with Gasteiger partial charge in [0.15, 0.2) is 5.78 Å². The van der Waals surface area contributed by atoms with Crippen LogP contribution in [-0.4, -0.2) is 5.78 Å². The predicted molar refractivity (Wildman–Crippen MR) is 80.3 cm³/mol. The minimum atomic E-state index is -0.866. The van der Waals surface area contributed by atoms with E-state index in [4.69, 9.17) is 23.2 Å². The Labute approximate surface area is 127 Å². The molecule has 0 aliphatic heterocycles. The van der Waals surface area contributed by atoms with Gasteiger partial charge in [0.2, 0.25) is 0 Å². The van der Waals surface area contributed by atoms with Gasteiger partial charge < -0.3 is 0 Å². The third-order valence-electron chi connectivity index (χ3n) is 3.02. The molecular weight excluding hydrogens is 293 g/mol. The summed E-state index contributed by atoms with van der Waals surface area (Å²) in [5.41, 5.74) is 1.87. The van der Waals surface area contributed by atoms with E-state index in [2.05, 4.69) is 0 Å². The number of hydrogen-bond donors (Lipinski definition) is 0. The third kappa shape index (κ3) is 3.01. The van der Waals surface area contributed by atoms with Crippen LogP contribution in [0.1, 0.15) is 27.4 Å². The van der Waals surface area contributed by atoms with Crippen molar-refractivity contribution < 1.29 is 4.79 Å². The lowest BCUT2D eigenvalue weighted by molar-refractivity contribution is 0.0979. The van der Waals surface area contributed by atoms with Gasteiger partial charge in [-0.3, -0.25) is 4.79 Å². The molecule has 0 radical (unpaired) electrons. The van der Waals surface area contributed by atoms with E-state index in [0.717, 1.165) is 5.56 Å². The average molecular weight is 304 g/mol. The topological polar surface area (TPSA) is 40.9 Å². The molecule has 0 saturated carbocycles. The number of carbonyl (C=O) groups is 1. The molecule has 2 nitrogen and oxygen atoms in total. The molecule has 0 amide bonds. The molecule has 1 atom stereocenters. The van der Waals surface area contributed by atoms with Gasteiger partial charge in [-0.05, 0) is 48.4 Å². The Bertz CT molecular complexity index is 704. The SMILES string of the molecule is Cc1cc(C(=O)C(C#N)c2cccc(Cl)c2)ccc1Cl. The molecule has 2 aromatic carbocycles. The Kier molecular flexibility index (Phi) is 4.44. The average Bonchev–Trinajstić information content (AvgIpc) is 2.42.